The molecule has 4 heteroatoms. The number of carbonyl (C=O) groups is 2. The van der Waals surface area contributed by atoms with Crippen LogP contribution < -0.4 is 0 Å². The van der Waals surface area contributed by atoms with Crippen molar-refractivity contribution in [3.05, 3.63) is 71.3 Å². The first-order valence-corrected chi connectivity index (χ1v) is 8.66. The van der Waals surface area contributed by atoms with Crippen molar-refractivity contribution in [2.45, 2.75) is 25.7 Å². The van der Waals surface area contributed by atoms with E-state index in [0.717, 1.165) is 5.56 Å². The predicted octanol–water partition coefficient (Wildman–Crippen LogP) is 3.25. The molecule has 1 amide bonds. The zero-order chi connectivity index (χ0) is 17.8. The molecule has 3 rings (SSSR count). The van der Waals surface area contributed by atoms with E-state index in [4.69, 9.17) is 0 Å². The van der Waals surface area contributed by atoms with Gasteiger partial charge in [-0.15, -0.1) is 0 Å². The van der Waals surface area contributed by atoms with Gasteiger partial charge in [0.2, 0.25) is 5.91 Å². The minimum atomic E-state index is -0.831. The van der Waals surface area contributed by atoms with Crippen LogP contribution in [0.25, 0.3) is 0 Å². The Morgan fingerprint density at radius 2 is 1.72 bits per heavy atom. The zero-order valence-electron chi connectivity index (χ0n) is 14.4. The molecule has 130 valence electrons. The lowest BCUT2D eigenvalue weighted by atomic mass is 9.89. The number of aliphatic carboxylic acids is 1. The van der Waals surface area contributed by atoms with E-state index >= 15 is 0 Å². The van der Waals surface area contributed by atoms with E-state index < -0.39 is 11.9 Å². The largest absolute Gasteiger partial charge is 0.481 e. The fourth-order valence-corrected chi connectivity index (χ4v) is 3.59. The average molecular weight is 337 g/mol. The number of aryl methyl sites for hydroxylation is 2. The lowest BCUT2D eigenvalue weighted by Gasteiger charge is -2.17. The van der Waals surface area contributed by atoms with Crippen LogP contribution >= 0.6 is 0 Å². The van der Waals surface area contributed by atoms with E-state index in [1.165, 1.54) is 11.1 Å². The molecule has 1 aliphatic rings. The predicted molar refractivity (Wildman–Crippen MR) is 96.4 cm³/mol. The number of nitrogens with zero attached hydrogens (tertiary/aromatic N) is 1. The molecule has 0 aromatic heterocycles. The molecule has 4 nitrogen and oxygen atoms in total. The Morgan fingerprint density at radius 3 is 2.40 bits per heavy atom. The summed E-state index contributed by atoms with van der Waals surface area (Å²) in [5, 5.41) is 9.55. The van der Waals surface area contributed by atoms with E-state index in [-0.39, 0.29) is 11.8 Å². The Balaban J connectivity index is 1.67. The van der Waals surface area contributed by atoms with Gasteiger partial charge in [-0.25, -0.2) is 0 Å². The van der Waals surface area contributed by atoms with Gasteiger partial charge in [0, 0.05) is 25.4 Å². The van der Waals surface area contributed by atoms with Crippen molar-refractivity contribution >= 4 is 11.9 Å². The summed E-state index contributed by atoms with van der Waals surface area (Å²) in [4.78, 5) is 26.0. The van der Waals surface area contributed by atoms with Crippen LogP contribution in [-0.4, -0.2) is 35.0 Å². The first-order valence-electron chi connectivity index (χ1n) is 8.66. The van der Waals surface area contributed by atoms with Gasteiger partial charge in [-0.05, 0) is 30.0 Å². The highest BCUT2D eigenvalue weighted by Crippen LogP contribution is 2.33. The highest BCUT2D eigenvalue weighted by Gasteiger charge is 2.40. The first-order chi connectivity index (χ1) is 12.1. The van der Waals surface area contributed by atoms with Crippen LogP contribution in [0.3, 0.4) is 0 Å². The van der Waals surface area contributed by atoms with Crippen LogP contribution in [0, 0.1) is 12.8 Å². The molecule has 2 aromatic carbocycles. The average Bonchev–Trinajstić information content (AvgIpc) is 3.07. The fraction of sp³-hybridized carbons (Fsp3) is 0.333. The summed E-state index contributed by atoms with van der Waals surface area (Å²) < 4.78 is 0. The summed E-state index contributed by atoms with van der Waals surface area (Å²) in [7, 11) is 0. The van der Waals surface area contributed by atoms with Crippen LogP contribution in [0.2, 0.25) is 0 Å². The molecular formula is C21H23NO3. The van der Waals surface area contributed by atoms with Crippen molar-refractivity contribution < 1.29 is 14.7 Å². The molecular weight excluding hydrogens is 314 g/mol. The summed E-state index contributed by atoms with van der Waals surface area (Å²) in [5.74, 6) is -1.47. The number of hydrogen-bond donors (Lipinski definition) is 1. The smallest absolute Gasteiger partial charge is 0.308 e. The third-order valence-electron chi connectivity index (χ3n) is 5.09. The number of carboxylic acid groups (broad SMARTS) is 1. The van der Waals surface area contributed by atoms with Crippen molar-refractivity contribution in [3.8, 4) is 0 Å². The summed E-state index contributed by atoms with van der Waals surface area (Å²) in [5.41, 5.74) is 3.34. The number of likely N-dealkylation sites (tertiary alicyclic amines) is 1. The van der Waals surface area contributed by atoms with Gasteiger partial charge in [0.05, 0.1) is 5.92 Å². The first kappa shape index (κ1) is 17.2. The quantitative estimate of drug-likeness (QED) is 0.911. The van der Waals surface area contributed by atoms with E-state index in [1.54, 1.807) is 4.90 Å². The van der Waals surface area contributed by atoms with Crippen LogP contribution in [0.4, 0.5) is 0 Å². The van der Waals surface area contributed by atoms with E-state index in [0.29, 0.717) is 25.9 Å². The van der Waals surface area contributed by atoms with Gasteiger partial charge in [-0.1, -0.05) is 54.6 Å². The van der Waals surface area contributed by atoms with Gasteiger partial charge in [-0.3, -0.25) is 9.59 Å². The molecule has 2 unspecified atom stereocenters. The molecule has 1 aliphatic heterocycles. The molecule has 1 heterocycles. The van der Waals surface area contributed by atoms with Crippen molar-refractivity contribution in [3.63, 3.8) is 0 Å². The molecule has 0 spiro atoms. The highest BCUT2D eigenvalue weighted by atomic mass is 16.4. The monoisotopic (exact) mass is 337 g/mol. The number of amides is 1. The summed E-state index contributed by atoms with van der Waals surface area (Å²) in [6.45, 7) is 2.82. The summed E-state index contributed by atoms with van der Waals surface area (Å²) >= 11 is 0. The van der Waals surface area contributed by atoms with Crippen molar-refractivity contribution in [2.75, 3.05) is 13.1 Å². The number of benzene rings is 2. The van der Waals surface area contributed by atoms with Crippen LogP contribution in [-0.2, 0) is 16.0 Å². The van der Waals surface area contributed by atoms with Crippen LogP contribution in [0.1, 0.15) is 29.0 Å². The topological polar surface area (TPSA) is 57.6 Å². The molecule has 1 fully saturated rings. The molecule has 2 aromatic rings. The SMILES string of the molecule is Cc1ccccc1CCC(=O)N1CC(C(=O)O)C(c2ccccc2)C1. The zero-order valence-corrected chi connectivity index (χ0v) is 14.4. The number of carboxylic acids is 1. The molecule has 2 atom stereocenters. The minimum absolute atomic E-state index is 0.0351. The lowest BCUT2D eigenvalue weighted by Crippen LogP contribution is -2.30. The Labute approximate surface area is 148 Å². The van der Waals surface area contributed by atoms with Crippen molar-refractivity contribution in [2.24, 2.45) is 5.92 Å². The molecule has 0 saturated carbocycles. The second-order valence-electron chi connectivity index (χ2n) is 6.69. The maximum Gasteiger partial charge on any atom is 0.308 e. The summed E-state index contributed by atoms with van der Waals surface area (Å²) in [6.07, 6.45) is 1.11. The molecule has 25 heavy (non-hydrogen) atoms. The molecule has 1 saturated heterocycles. The van der Waals surface area contributed by atoms with Crippen molar-refractivity contribution in [1.82, 2.24) is 4.90 Å². The second kappa shape index (κ2) is 7.51. The molecule has 0 bridgehead atoms. The second-order valence-corrected chi connectivity index (χ2v) is 6.69. The van der Waals surface area contributed by atoms with Gasteiger partial charge < -0.3 is 10.0 Å². The van der Waals surface area contributed by atoms with E-state index in [1.807, 2.05) is 61.5 Å². The van der Waals surface area contributed by atoms with Gasteiger partial charge in [0.25, 0.3) is 0 Å². The van der Waals surface area contributed by atoms with E-state index in [2.05, 4.69) is 0 Å². The lowest BCUT2D eigenvalue weighted by molar-refractivity contribution is -0.141. The normalized spacial score (nSPS) is 19.8. The Morgan fingerprint density at radius 1 is 1.04 bits per heavy atom. The van der Waals surface area contributed by atoms with Gasteiger partial charge in [0.1, 0.15) is 0 Å². The number of rotatable bonds is 5. The van der Waals surface area contributed by atoms with Gasteiger partial charge in [-0.2, -0.15) is 0 Å². The molecule has 1 N–H and O–H groups in total. The maximum atomic E-state index is 12.6. The third-order valence-corrected chi connectivity index (χ3v) is 5.09. The minimum Gasteiger partial charge on any atom is -0.481 e. The van der Waals surface area contributed by atoms with Crippen LogP contribution in [0.15, 0.2) is 54.6 Å². The Bertz CT molecular complexity index is 757. The standard InChI is InChI=1S/C21H23NO3/c1-15-7-5-6-8-16(15)11-12-20(23)22-13-18(19(14-22)21(24)25)17-9-3-2-4-10-17/h2-10,18-19H,11-14H2,1H3,(H,24,25). The Kier molecular flexibility index (Phi) is 5.17. The maximum absolute atomic E-state index is 12.6. The third kappa shape index (κ3) is 3.90. The molecule has 0 radical (unpaired) electrons. The van der Waals surface area contributed by atoms with Gasteiger partial charge >= 0.3 is 5.97 Å². The molecule has 0 aliphatic carbocycles. The van der Waals surface area contributed by atoms with Crippen LogP contribution in [0.5, 0.6) is 0 Å². The summed E-state index contributed by atoms with van der Waals surface area (Å²) in [6, 6.07) is 17.7. The number of carbonyl (C=O) groups excluding carboxylic acids is 1. The van der Waals surface area contributed by atoms with E-state index in [9.17, 15) is 14.7 Å². The highest BCUT2D eigenvalue weighted by molar-refractivity contribution is 5.80. The number of hydrogen-bond acceptors (Lipinski definition) is 2. The fourth-order valence-electron chi connectivity index (χ4n) is 3.59. The van der Waals surface area contributed by atoms with Crippen molar-refractivity contribution in [1.29, 1.82) is 0 Å². The van der Waals surface area contributed by atoms with Gasteiger partial charge in [0.15, 0.2) is 0 Å². The Hall–Kier alpha value is -2.62.